The van der Waals surface area contributed by atoms with Gasteiger partial charge in [0.15, 0.2) is 5.25 Å². The normalized spacial score (nSPS) is 11.7. The summed E-state index contributed by atoms with van der Waals surface area (Å²) in [4.78, 5) is 117. The molecule has 5 rings (SSSR count). The highest BCUT2D eigenvalue weighted by Crippen LogP contribution is 2.36. The van der Waals surface area contributed by atoms with Crippen LogP contribution in [0.2, 0.25) is 0 Å². The molecule has 5 aromatic carbocycles. The van der Waals surface area contributed by atoms with Gasteiger partial charge in [0.25, 0.3) is 29.5 Å². The highest BCUT2D eigenvalue weighted by Gasteiger charge is 2.36. The van der Waals surface area contributed by atoms with E-state index in [0.29, 0.717) is 55.6 Å². The molecule has 0 spiro atoms. The van der Waals surface area contributed by atoms with Crippen molar-refractivity contribution in [2.45, 2.75) is 59.3 Å². The van der Waals surface area contributed by atoms with E-state index in [9.17, 15) is 66.6 Å². The summed E-state index contributed by atoms with van der Waals surface area (Å²) in [5.41, 5.74) is 4.98. The fourth-order valence-electron chi connectivity index (χ4n) is 6.35. The Morgan fingerprint density at radius 3 is 1.12 bits per heavy atom. The third-order valence-corrected chi connectivity index (χ3v) is 15.7. The second-order valence-corrected chi connectivity index (χ2v) is 23.6. The van der Waals surface area contributed by atoms with E-state index >= 15 is 0 Å². The van der Waals surface area contributed by atoms with Crippen molar-refractivity contribution in [2.75, 3.05) is 61.9 Å². The van der Waals surface area contributed by atoms with Gasteiger partial charge in [0.2, 0.25) is 21.3 Å². The Morgan fingerprint density at radius 2 is 0.818 bits per heavy atom. The Morgan fingerprint density at radius 1 is 0.466 bits per heavy atom. The maximum atomic E-state index is 12.1. The molecule has 27 heteroatoms. The number of nitrogens with one attached hydrogen (secondary N) is 5. The number of carbonyl (C=O) groups excluding carboxylic acids is 6. The Labute approximate surface area is 517 Å². The number of rotatable bonds is 24. The minimum atomic E-state index is -4.01. The number of hydrogen-bond acceptors (Lipinski definition) is 16. The molecule has 0 fully saturated rings. The summed E-state index contributed by atoms with van der Waals surface area (Å²) in [5.74, 6) is -7.49. The highest BCUT2D eigenvalue weighted by molar-refractivity contribution is 8.01. The monoisotopic (exact) mass is 1270 g/mol. The van der Waals surface area contributed by atoms with Crippen LogP contribution in [0, 0.1) is 0 Å². The summed E-state index contributed by atoms with van der Waals surface area (Å²) < 4.78 is 29.5. The van der Waals surface area contributed by atoms with Crippen LogP contribution in [0.1, 0.15) is 49.3 Å². The highest BCUT2D eigenvalue weighted by atomic mass is 32.2. The number of benzene rings is 5. The maximum Gasteiger partial charge on any atom is 0.336 e. The van der Waals surface area contributed by atoms with E-state index in [1.807, 2.05) is 18.2 Å². The Balaban J connectivity index is 0.000000400. The molecule has 0 heterocycles. The molecule has 0 aliphatic carbocycles. The summed E-state index contributed by atoms with van der Waals surface area (Å²) in [6.07, 6.45) is 0. The van der Waals surface area contributed by atoms with Crippen molar-refractivity contribution >= 4 is 121 Å². The Bertz CT molecular complexity index is 3490. The lowest BCUT2D eigenvalue weighted by atomic mass is 10.1. The minimum Gasteiger partial charge on any atom is -0.480 e. The molecular formula is C61H69N7O17S3. The second-order valence-electron chi connectivity index (χ2n) is 19.0. The van der Waals surface area contributed by atoms with Gasteiger partial charge in [-0.1, -0.05) is 80.5 Å². The van der Waals surface area contributed by atoms with Crippen LogP contribution in [0.3, 0.4) is 0 Å². The lowest BCUT2D eigenvalue weighted by Crippen LogP contribution is -2.44. The third kappa shape index (κ3) is 24.6. The van der Waals surface area contributed by atoms with Gasteiger partial charge in [0.1, 0.15) is 5.25 Å². The van der Waals surface area contributed by atoms with E-state index in [1.54, 1.807) is 113 Å². The van der Waals surface area contributed by atoms with Crippen molar-refractivity contribution in [3.8, 4) is 0 Å². The number of hydrogen-bond donors (Lipinski definition) is 9. The molecule has 9 N–H and O–H groups in total. The third-order valence-electron chi connectivity index (χ3n) is 11.1. The molecule has 468 valence electrons. The average molecular weight is 1270 g/mol. The van der Waals surface area contributed by atoms with Gasteiger partial charge in [-0.15, -0.1) is 11.8 Å². The van der Waals surface area contributed by atoms with Crippen molar-refractivity contribution in [2.24, 2.45) is 0 Å². The first-order chi connectivity index (χ1) is 41.1. The van der Waals surface area contributed by atoms with Gasteiger partial charge in [-0.2, -0.15) is 0 Å². The van der Waals surface area contributed by atoms with Gasteiger partial charge in [-0.3, -0.25) is 43.2 Å². The van der Waals surface area contributed by atoms with Crippen LogP contribution >= 0.6 is 23.5 Å². The topological polar surface area (TPSA) is 362 Å². The molecule has 24 nitrogen and oxygen atoms in total. The number of amides is 5. The van der Waals surface area contributed by atoms with Crippen LogP contribution in [0.15, 0.2) is 186 Å². The van der Waals surface area contributed by atoms with Gasteiger partial charge in [-0.05, 0) is 124 Å². The molecule has 0 bridgehead atoms. The standard InChI is InChI=1S/C18H17NO3S.C15H19N3O4.C14H18N2O5S.C14H15NO5S/c1-12(2)17(20)19-14-8-10-15(11-9-14)23-16(18(21)22)13-6-4-3-5-7-13;1-9(2)13(19)17-11-7-5-10(6-8-11)16-12(15(21)22)14(20)18(3)4;1-9(2)13(17)15-11-7-5-10(6-8-11)12(14(18)19)22(20,21)16(3)4;1-8(2)12(16)15-9-4-6-10(7-5-9)21-11(13(17)18)14(19)20-3/h3-11,16H,1H2,2H3,(H,19,20)(H,21,22);5-8,12,16H,1H2,2-4H3,(H,17,19)(H,21,22);5-8,12H,1H2,2-4H3,(H,15,17)(H,18,19);4-7,11H,1H2,2-3H3,(H,15,16)(H,17,18). The largest absolute Gasteiger partial charge is 0.480 e. The van der Waals surface area contributed by atoms with Gasteiger partial charge in [0.05, 0.1) is 7.11 Å². The molecule has 0 aliphatic rings. The zero-order chi connectivity index (χ0) is 66.7. The smallest absolute Gasteiger partial charge is 0.336 e. The number of thioether (sulfide) groups is 2. The van der Waals surface area contributed by atoms with Crippen LogP contribution in [0.4, 0.5) is 28.4 Å². The number of ether oxygens (including phenoxy) is 1. The number of esters is 1. The molecule has 0 aromatic heterocycles. The van der Waals surface area contributed by atoms with Crippen molar-refractivity contribution in [1.29, 1.82) is 0 Å². The van der Waals surface area contributed by atoms with Crippen molar-refractivity contribution in [3.63, 3.8) is 0 Å². The maximum absolute atomic E-state index is 12.1. The van der Waals surface area contributed by atoms with E-state index in [-0.39, 0.29) is 29.2 Å². The average Bonchev–Trinajstić information content (AvgIpc) is 2.47. The molecule has 88 heavy (non-hydrogen) atoms. The molecule has 5 aromatic rings. The first kappa shape index (κ1) is 74.3. The zero-order valence-corrected chi connectivity index (χ0v) is 51.9. The second kappa shape index (κ2) is 35.6. The summed E-state index contributed by atoms with van der Waals surface area (Å²) in [5, 5.41) is 46.2. The van der Waals surface area contributed by atoms with E-state index in [2.05, 4.69) is 57.6 Å². The lowest BCUT2D eigenvalue weighted by Gasteiger charge is -2.19. The van der Waals surface area contributed by atoms with Gasteiger partial charge in [0, 0.05) is 88.7 Å². The fourth-order valence-corrected chi connectivity index (χ4v) is 9.35. The summed E-state index contributed by atoms with van der Waals surface area (Å²) >= 11 is 2.11. The van der Waals surface area contributed by atoms with Crippen molar-refractivity contribution in [1.82, 2.24) is 9.21 Å². The number of carbonyl (C=O) groups is 10. The van der Waals surface area contributed by atoms with Crippen LogP contribution in [-0.4, -0.2) is 144 Å². The van der Waals surface area contributed by atoms with Crippen LogP contribution in [0.25, 0.3) is 0 Å². The molecule has 4 unspecified atom stereocenters. The van der Waals surface area contributed by atoms with Gasteiger partial charge < -0.3 is 56.6 Å². The molecule has 0 saturated carbocycles. The van der Waals surface area contributed by atoms with Crippen molar-refractivity contribution in [3.05, 3.63) is 187 Å². The Kier molecular flexibility index (Phi) is 30.0. The number of anilines is 5. The quantitative estimate of drug-likeness (QED) is 0.0121. The van der Waals surface area contributed by atoms with Crippen molar-refractivity contribution < 1.29 is 81.5 Å². The minimum absolute atomic E-state index is 0.106. The number of carboxylic acids is 4. The zero-order valence-electron chi connectivity index (χ0n) is 49.5. The summed E-state index contributed by atoms with van der Waals surface area (Å²) in [6.45, 7) is 20.5. The predicted octanol–water partition coefficient (Wildman–Crippen LogP) is 8.41. The van der Waals surface area contributed by atoms with Crippen LogP contribution in [-0.2, 0) is 62.7 Å². The molecule has 5 amide bonds. The van der Waals surface area contributed by atoms with E-state index in [0.717, 1.165) is 33.6 Å². The fraction of sp³-hybridized carbons (Fsp3) is 0.213. The molecular weight excluding hydrogens is 1200 g/mol. The molecule has 0 saturated heterocycles. The van der Waals surface area contributed by atoms with Gasteiger partial charge in [-0.25, -0.2) is 17.5 Å². The van der Waals surface area contributed by atoms with Gasteiger partial charge >= 0.3 is 29.8 Å². The van der Waals surface area contributed by atoms with Crippen LogP contribution < -0.4 is 26.6 Å². The summed E-state index contributed by atoms with van der Waals surface area (Å²) in [6, 6.07) is 33.2. The first-order valence-corrected chi connectivity index (χ1v) is 28.9. The van der Waals surface area contributed by atoms with E-state index in [4.69, 9.17) is 10.2 Å². The lowest BCUT2D eigenvalue weighted by molar-refractivity contribution is -0.149. The number of methoxy groups -OCH3 is 1. The number of carboxylic acid groups (broad SMARTS) is 4. The molecule has 0 aliphatic heterocycles. The first-order valence-electron chi connectivity index (χ1n) is 25.7. The van der Waals surface area contributed by atoms with Crippen LogP contribution in [0.5, 0.6) is 0 Å². The molecule has 4 atom stereocenters. The predicted molar refractivity (Wildman–Crippen MR) is 338 cm³/mol. The number of nitrogens with zero attached hydrogens (tertiary/aromatic N) is 2. The number of likely N-dealkylation sites (N-methyl/N-ethyl adjacent to an activating group) is 1. The Hall–Kier alpha value is -9.83. The molecule has 0 radical (unpaired) electrons. The van der Waals surface area contributed by atoms with E-state index < -0.39 is 67.6 Å². The number of sulfonamides is 1. The summed E-state index contributed by atoms with van der Waals surface area (Å²) in [7, 11) is 2.63. The van der Waals surface area contributed by atoms with E-state index in [1.165, 1.54) is 69.1 Å². The SMILES string of the molecule is C=C(C)C(=O)Nc1ccc(C(C(=O)O)S(=O)(=O)N(C)C)cc1.C=C(C)C(=O)Nc1ccc(NC(C(=O)O)C(=O)N(C)C)cc1.C=C(C)C(=O)Nc1ccc(SC(C(=O)O)C(=O)OC)cc1.C=C(C)C(=O)Nc1ccc(SC(C(=O)O)c2ccccc2)cc1. The number of aliphatic carboxylic acids is 4.